The number of benzene rings is 2. The van der Waals surface area contributed by atoms with Gasteiger partial charge in [0.15, 0.2) is 0 Å². The number of H-pyrrole nitrogens is 1. The fourth-order valence-electron chi connectivity index (χ4n) is 3.44. The summed E-state index contributed by atoms with van der Waals surface area (Å²) in [6.45, 7) is 1.86. The number of imidazole rings is 1. The first-order chi connectivity index (χ1) is 14.6. The summed E-state index contributed by atoms with van der Waals surface area (Å²) in [5, 5.41) is 5.97. The van der Waals surface area contributed by atoms with Crippen LogP contribution in [-0.4, -0.2) is 31.8 Å². The fourth-order valence-corrected chi connectivity index (χ4v) is 3.44. The molecule has 0 aliphatic carbocycles. The molecule has 148 valence electrons. The summed E-state index contributed by atoms with van der Waals surface area (Å²) >= 11 is 0. The van der Waals surface area contributed by atoms with E-state index < -0.39 is 0 Å². The average Bonchev–Trinajstić information content (AvgIpc) is 3.40. The number of nitrogens with one attached hydrogen (secondary N) is 1. The van der Waals surface area contributed by atoms with Crippen molar-refractivity contribution in [3.8, 4) is 34.5 Å². The third-order valence-electron chi connectivity index (χ3n) is 4.87. The molecule has 0 atom stereocenters. The second-order valence-corrected chi connectivity index (χ2v) is 6.78. The van der Waals surface area contributed by atoms with Gasteiger partial charge in [-0.05, 0) is 36.6 Å². The number of aromatic amines is 1. The highest BCUT2D eigenvalue weighted by Crippen LogP contribution is 2.29. The molecular weight excluding hydrogens is 382 g/mol. The van der Waals surface area contributed by atoms with Crippen molar-refractivity contribution in [2.24, 2.45) is 0 Å². The molecule has 0 aliphatic rings. The first kappa shape index (κ1) is 17.9. The fraction of sp³-hybridized carbons (Fsp3) is 0.0909. The second kappa shape index (κ2) is 7.00. The van der Waals surface area contributed by atoms with Crippen molar-refractivity contribution in [1.82, 2.24) is 24.7 Å². The highest BCUT2D eigenvalue weighted by Gasteiger charge is 2.16. The zero-order chi connectivity index (χ0) is 20.7. The maximum absolute atomic E-state index is 12.1. The van der Waals surface area contributed by atoms with Crippen molar-refractivity contribution in [1.29, 1.82) is 0 Å². The number of hydrogen-bond donors (Lipinski definition) is 1. The molecule has 8 heteroatoms. The Hall–Kier alpha value is -4.20. The Morgan fingerprint density at radius 2 is 1.93 bits per heavy atom. The molecule has 2 aromatic carbocycles. The number of aryl methyl sites for hydroxylation is 1. The van der Waals surface area contributed by atoms with Gasteiger partial charge in [0.1, 0.15) is 5.69 Å². The topological polar surface area (TPSA) is 98.8 Å². The molecule has 1 N–H and O–H groups in total. The van der Waals surface area contributed by atoms with Crippen LogP contribution in [-0.2, 0) is 0 Å². The Labute approximate surface area is 170 Å². The van der Waals surface area contributed by atoms with Gasteiger partial charge in [0.2, 0.25) is 11.7 Å². The van der Waals surface area contributed by atoms with Crippen LogP contribution in [0.1, 0.15) is 5.69 Å². The Morgan fingerprint density at radius 1 is 1.07 bits per heavy atom. The molecule has 0 bridgehead atoms. The van der Waals surface area contributed by atoms with Gasteiger partial charge in [0, 0.05) is 22.8 Å². The standard InChI is InChI=1S/C22H17N5O3/c1-13-12-23-22(28)27(13)16-8-5-7-15(10-16)19-25-21(30-26-19)18-11-14-6-3-4-9-17(14)20(24-18)29-2/h3-12H,1-2H3,(H,23,28). The summed E-state index contributed by atoms with van der Waals surface area (Å²) in [6, 6.07) is 17.1. The summed E-state index contributed by atoms with van der Waals surface area (Å²) in [7, 11) is 1.58. The minimum absolute atomic E-state index is 0.203. The van der Waals surface area contributed by atoms with E-state index in [9.17, 15) is 4.79 Å². The number of rotatable bonds is 4. The van der Waals surface area contributed by atoms with E-state index in [1.54, 1.807) is 17.9 Å². The van der Waals surface area contributed by atoms with Crippen LogP contribution in [0.2, 0.25) is 0 Å². The van der Waals surface area contributed by atoms with Crippen LogP contribution >= 0.6 is 0 Å². The maximum Gasteiger partial charge on any atom is 0.330 e. The minimum atomic E-state index is -0.203. The van der Waals surface area contributed by atoms with Crippen LogP contribution < -0.4 is 10.4 Å². The van der Waals surface area contributed by atoms with Crippen LogP contribution in [0.15, 0.2) is 70.1 Å². The molecule has 30 heavy (non-hydrogen) atoms. The number of hydrogen-bond acceptors (Lipinski definition) is 6. The molecule has 0 saturated heterocycles. The van der Waals surface area contributed by atoms with Gasteiger partial charge in [-0.2, -0.15) is 4.98 Å². The van der Waals surface area contributed by atoms with Crippen molar-refractivity contribution in [3.63, 3.8) is 0 Å². The molecule has 0 unspecified atom stereocenters. The third-order valence-corrected chi connectivity index (χ3v) is 4.87. The lowest BCUT2D eigenvalue weighted by Crippen LogP contribution is -2.15. The predicted molar refractivity (Wildman–Crippen MR) is 112 cm³/mol. The summed E-state index contributed by atoms with van der Waals surface area (Å²) in [6.07, 6.45) is 1.67. The highest BCUT2D eigenvalue weighted by molar-refractivity contribution is 5.89. The lowest BCUT2D eigenvalue weighted by atomic mass is 10.1. The van der Waals surface area contributed by atoms with E-state index in [1.807, 2.05) is 61.5 Å². The van der Waals surface area contributed by atoms with E-state index in [2.05, 4.69) is 20.1 Å². The average molecular weight is 399 g/mol. The van der Waals surface area contributed by atoms with Gasteiger partial charge >= 0.3 is 5.69 Å². The molecule has 0 radical (unpaired) electrons. The lowest BCUT2D eigenvalue weighted by Gasteiger charge is -2.06. The van der Waals surface area contributed by atoms with Gasteiger partial charge in [-0.25, -0.2) is 9.78 Å². The number of methoxy groups -OCH3 is 1. The zero-order valence-electron chi connectivity index (χ0n) is 16.3. The summed E-state index contributed by atoms with van der Waals surface area (Å²) < 4.78 is 12.5. The molecule has 5 aromatic rings. The largest absolute Gasteiger partial charge is 0.481 e. The van der Waals surface area contributed by atoms with E-state index >= 15 is 0 Å². The molecule has 0 aliphatic heterocycles. The van der Waals surface area contributed by atoms with Gasteiger partial charge in [0.05, 0.1) is 12.8 Å². The summed E-state index contributed by atoms with van der Waals surface area (Å²) in [4.78, 5) is 23.8. The van der Waals surface area contributed by atoms with Crippen molar-refractivity contribution in [2.75, 3.05) is 7.11 Å². The molecule has 5 rings (SSSR count). The molecule has 0 amide bonds. The summed E-state index contributed by atoms with van der Waals surface area (Å²) in [5.41, 5.74) is 2.57. The lowest BCUT2D eigenvalue weighted by molar-refractivity contribution is 0.401. The van der Waals surface area contributed by atoms with E-state index in [-0.39, 0.29) is 11.6 Å². The van der Waals surface area contributed by atoms with Crippen molar-refractivity contribution >= 4 is 10.8 Å². The van der Waals surface area contributed by atoms with Gasteiger partial charge in [0.25, 0.3) is 5.89 Å². The quantitative estimate of drug-likeness (QED) is 0.494. The van der Waals surface area contributed by atoms with E-state index in [0.29, 0.717) is 23.1 Å². The molecule has 3 heterocycles. The predicted octanol–water partition coefficient (Wildman–Crippen LogP) is 3.75. The van der Waals surface area contributed by atoms with Crippen molar-refractivity contribution in [2.45, 2.75) is 6.92 Å². The smallest absolute Gasteiger partial charge is 0.330 e. The van der Waals surface area contributed by atoms with Crippen LogP contribution in [0.3, 0.4) is 0 Å². The van der Waals surface area contributed by atoms with E-state index in [1.165, 1.54) is 0 Å². The van der Waals surface area contributed by atoms with Crippen LogP contribution in [0.5, 0.6) is 5.88 Å². The minimum Gasteiger partial charge on any atom is -0.481 e. The molecule has 8 nitrogen and oxygen atoms in total. The molecular formula is C22H17N5O3. The van der Waals surface area contributed by atoms with Crippen LogP contribution in [0.4, 0.5) is 0 Å². The van der Waals surface area contributed by atoms with Gasteiger partial charge in [-0.1, -0.05) is 35.5 Å². The Morgan fingerprint density at radius 3 is 2.73 bits per heavy atom. The Balaban J connectivity index is 1.56. The van der Waals surface area contributed by atoms with E-state index in [4.69, 9.17) is 9.26 Å². The number of aromatic nitrogens is 5. The molecule has 0 saturated carbocycles. The first-order valence-corrected chi connectivity index (χ1v) is 9.30. The Kier molecular flexibility index (Phi) is 4.17. The van der Waals surface area contributed by atoms with Gasteiger partial charge < -0.3 is 14.2 Å². The molecule has 0 fully saturated rings. The Bertz CT molecular complexity index is 1430. The van der Waals surface area contributed by atoms with Crippen LogP contribution in [0, 0.1) is 6.92 Å². The van der Waals surface area contributed by atoms with Gasteiger partial charge in [-0.3, -0.25) is 4.57 Å². The normalized spacial score (nSPS) is 11.1. The SMILES string of the molecule is COc1nc(-c2nc(-c3cccc(-n4c(C)c[nH]c4=O)c3)no2)cc2ccccc12. The van der Waals surface area contributed by atoms with Crippen molar-refractivity contribution < 1.29 is 9.26 Å². The third kappa shape index (κ3) is 2.95. The monoisotopic (exact) mass is 399 g/mol. The van der Waals surface area contributed by atoms with Gasteiger partial charge in [-0.15, -0.1) is 0 Å². The first-order valence-electron chi connectivity index (χ1n) is 9.30. The summed E-state index contributed by atoms with van der Waals surface area (Å²) in [5.74, 6) is 1.18. The van der Waals surface area contributed by atoms with Crippen LogP contribution in [0.25, 0.3) is 39.4 Å². The van der Waals surface area contributed by atoms with E-state index in [0.717, 1.165) is 22.0 Å². The number of ether oxygens (including phenoxy) is 1. The number of fused-ring (bicyclic) bond motifs is 1. The zero-order valence-corrected chi connectivity index (χ0v) is 16.3. The highest BCUT2D eigenvalue weighted by atomic mass is 16.5. The number of nitrogens with zero attached hydrogens (tertiary/aromatic N) is 4. The molecule has 0 spiro atoms. The number of pyridine rings is 1. The maximum atomic E-state index is 12.1. The van der Waals surface area contributed by atoms with Crippen molar-refractivity contribution in [3.05, 3.63) is 77.0 Å². The molecule has 3 aromatic heterocycles. The second-order valence-electron chi connectivity index (χ2n) is 6.78.